The predicted molar refractivity (Wildman–Crippen MR) is 85.8 cm³/mol. The van der Waals surface area contributed by atoms with Gasteiger partial charge in [0.1, 0.15) is 6.23 Å². The van der Waals surface area contributed by atoms with Crippen molar-refractivity contribution in [1.29, 1.82) is 0 Å². The van der Waals surface area contributed by atoms with Crippen molar-refractivity contribution in [3.8, 4) is 0 Å². The molecule has 0 spiro atoms. The van der Waals surface area contributed by atoms with Crippen LogP contribution in [0.25, 0.3) is 0 Å². The highest BCUT2D eigenvalue weighted by Gasteiger charge is 2.47. The molecule has 0 saturated carbocycles. The Morgan fingerprint density at radius 3 is 2.67 bits per heavy atom. The molecule has 1 amide bonds. The van der Waals surface area contributed by atoms with Gasteiger partial charge in [0.15, 0.2) is 0 Å². The number of amides is 1. The summed E-state index contributed by atoms with van der Waals surface area (Å²) >= 11 is 0. The molecular formula is C15H19N5O4. The zero-order valence-corrected chi connectivity index (χ0v) is 13.3. The van der Waals surface area contributed by atoms with Gasteiger partial charge in [-0.05, 0) is 19.4 Å². The first kappa shape index (κ1) is 16.5. The molecule has 9 heteroatoms. The second kappa shape index (κ2) is 6.27. The van der Waals surface area contributed by atoms with Gasteiger partial charge < -0.3 is 5.11 Å². The summed E-state index contributed by atoms with van der Waals surface area (Å²) in [6.07, 6.45) is -0.884. The molecule has 0 aromatic heterocycles. The SMILES string of the molecule is CC1=NNC(=O)C1C(c1cccc([N+](=O)[O-])c1)C1C(C)NNC1O. The number of carbonyl (C=O) groups is 1. The van der Waals surface area contributed by atoms with E-state index in [1.54, 1.807) is 19.1 Å². The molecule has 3 rings (SSSR count). The van der Waals surface area contributed by atoms with Gasteiger partial charge in [-0.15, -0.1) is 0 Å². The highest BCUT2D eigenvalue weighted by atomic mass is 16.6. The number of hydrogen-bond acceptors (Lipinski definition) is 7. The van der Waals surface area contributed by atoms with Crippen molar-refractivity contribution < 1.29 is 14.8 Å². The summed E-state index contributed by atoms with van der Waals surface area (Å²) in [6, 6.07) is 6.06. The van der Waals surface area contributed by atoms with Crippen molar-refractivity contribution in [2.45, 2.75) is 32.0 Å². The van der Waals surface area contributed by atoms with E-state index in [1.807, 2.05) is 6.92 Å². The summed E-state index contributed by atoms with van der Waals surface area (Å²) in [6.45, 7) is 3.62. The van der Waals surface area contributed by atoms with Gasteiger partial charge in [-0.2, -0.15) is 5.10 Å². The topological polar surface area (TPSA) is 129 Å². The molecule has 24 heavy (non-hydrogen) atoms. The number of nitro groups is 1. The van der Waals surface area contributed by atoms with Gasteiger partial charge in [-0.25, -0.2) is 10.9 Å². The average Bonchev–Trinajstić information content (AvgIpc) is 3.05. The fraction of sp³-hybridized carbons (Fsp3) is 0.467. The lowest BCUT2D eigenvalue weighted by Crippen LogP contribution is -2.40. The first-order valence-electron chi connectivity index (χ1n) is 7.67. The van der Waals surface area contributed by atoms with Crippen molar-refractivity contribution in [2.24, 2.45) is 16.9 Å². The molecule has 2 aliphatic heterocycles. The van der Waals surface area contributed by atoms with Gasteiger partial charge in [-0.3, -0.25) is 20.3 Å². The molecule has 2 aliphatic rings. The highest BCUT2D eigenvalue weighted by molar-refractivity contribution is 6.07. The molecule has 1 aromatic carbocycles. The summed E-state index contributed by atoms with van der Waals surface area (Å²) in [5.74, 6) is -1.67. The highest BCUT2D eigenvalue weighted by Crippen LogP contribution is 2.40. The van der Waals surface area contributed by atoms with Crippen LogP contribution >= 0.6 is 0 Å². The van der Waals surface area contributed by atoms with E-state index in [2.05, 4.69) is 21.4 Å². The molecule has 1 saturated heterocycles. The van der Waals surface area contributed by atoms with Crippen molar-refractivity contribution in [2.75, 3.05) is 0 Å². The van der Waals surface area contributed by atoms with E-state index in [0.29, 0.717) is 11.3 Å². The quantitative estimate of drug-likeness (QED) is 0.461. The number of non-ortho nitro benzene ring substituents is 1. The van der Waals surface area contributed by atoms with Gasteiger partial charge >= 0.3 is 0 Å². The van der Waals surface area contributed by atoms with E-state index in [0.717, 1.165) is 0 Å². The van der Waals surface area contributed by atoms with E-state index >= 15 is 0 Å². The predicted octanol–water partition coefficient (Wildman–Crippen LogP) is 0.231. The first-order chi connectivity index (χ1) is 11.4. The molecule has 0 radical (unpaired) electrons. The van der Waals surface area contributed by atoms with Crippen LogP contribution in [0.5, 0.6) is 0 Å². The van der Waals surface area contributed by atoms with Gasteiger partial charge in [0, 0.05) is 35.7 Å². The van der Waals surface area contributed by atoms with Gasteiger partial charge in [-0.1, -0.05) is 12.1 Å². The molecular weight excluding hydrogens is 314 g/mol. The molecule has 0 bridgehead atoms. The molecule has 1 fully saturated rings. The lowest BCUT2D eigenvalue weighted by Gasteiger charge is -2.31. The number of nitrogens with zero attached hydrogens (tertiary/aromatic N) is 2. The molecule has 1 aromatic rings. The minimum atomic E-state index is -0.884. The fourth-order valence-corrected chi connectivity index (χ4v) is 3.57. The van der Waals surface area contributed by atoms with Crippen LogP contribution in [-0.4, -0.2) is 33.9 Å². The Bertz CT molecular complexity index is 697. The molecule has 0 aliphatic carbocycles. The number of hydrogen-bond donors (Lipinski definition) is 4. The van der Waals surface area contributed by atoms with Crippen LogP contribution in [0.3, 0.4) is 0 Å². The van der Waals surface area contributed by atoms with Crippen molar-refractivity contribution in [1.82, 2.24) is 16.3 Å². The maximum atomic E-state index is 12.3. The first-order valence-corrected chi connectivity index (χ1v) is 7.67. The zero-order chi connectivity index (χ0) is 17.4. The van der Waals surface area contributed by atoms with E-state index < -0.39 is 23.0 Å². The monoisotopic (exact) mass is 333 g/mol. The Morgan fingerprint density at radius 1 is 1.38 bits per heavy atom. The van der Waals surface area contributed by atoms with Gasteiger partial charge in [0.05, 0.1) is 10.8 Å². The standard InChI is InChI=1S/C15H19N5O4/c1-7-11(14(21)18-16-7)13(12-8(2)17-19-15(12)22)9-4-3-5-10(6-9)20(23)24/h3-7,11-14,16,18,21H,1-2H3,(H,19,22). The van der Waals surface area contributed by atoms with Crippen molar-refractivity contribution >= 4 is 17.3 Å². The number of aliphatic hydroxyl groups is 1. The van der Waals surface area contributed by atoms with Crippen LogP contribution in [-0.2, 0) is 4.79 Å². The third-order valence-electron chi connectivity index (χ3n) is 4.72. The number of hydrazine groups is 1. The minimum Gasteiger partial charge on any atom is -0.377 e. The summed E-state index contributed by atoms with van der Waals surface area (Å²) in [4.78, 5) is 22.9. The van der Waals surface area contributed by atoms with Crippen LogP contribution in [0.2, 0.25) is 0 Å². The maximum absolute atomic E-state index is 12.3. The number of hydrazone groups is 1. The smallest absolute Gasteiger partial charge is 0.269 e. The molecule has 9 nitrogen and oxygen atoms in total. The number of nitrogens with one attached hydrogen (secondary N) is 3. The van der Waals surface area contributed by atoms with Gasteiger partial charge in [0.2, 0.25) is 5.91 Å². The van der Waals surface area contributed by atoms with Crippen LogP contribution < -0.4 is 16.3 Å². The van der Waals surface area contributed by atoms with Crippen LogP contribution in [0.1, 0.15) is 25.3 Å². The lowest BCUT2D eigenvalue weighted by molar-refractivity contribution is -0.384. The third kappa shape index (κ3) is 2.77. The summed E-state index contributed by atoms with van der Waals surface area (Å²) in [5.41, 5.74) is 9.34. The average molecular weight is 333 g/mol. The van der Waals surface area contributed by atoms with Crippen LogP contribution in [0.15, 0.2) is 29.4 Å². The Morgan fingerprint density at radius 2 is 2.12 bits per heavy atom. The van der Waals surface area contributed by atoms with Crippen molar-refractivity contribution in [3.05, 3.63) is 39.9 Å². The second-order valence-corrected chi connectivity index (χ2v) is 6.18. The Kier molecular flexibility index (Phi) is 4.31. The molecule has 5 unspecified atom stereocenters. The third-order valence-corrected chi connectivity index (χ3v) is 4.72. The van der Waals surface area contributed by atoms with E-state index in [-0.39, 0.29) is 23.6 Å². The number of aliphatic hydroxyl groups excluding tert-OH is 1. The number of rotatable bonds is 4. The minimum absolute atomic E-state index is 0.0495. The van der Waals surface area contributed by atoms with E-state index in [1.165, 1.54) is 12.1 Å². The molecule has 5 atom stereocenters. The second-order valence-electron chi connectivity index (χ2n) is 6.18. The van der Waals surface area contributed by atoms with Crippen molar-refractivity contribution in [3.63, 3.8) is 0 Å². The number of benzene rings is 1. The Hall–Kier alpha value is -2.36. The van der Waals surface area contributed by atoms with E-state index in [9.17, 15) is 20.0 Å². The summed E-state index contributed by atoms with van der Waals surface area (Å²) < 4.78 is 0. The molecule has 2 heterocycles. The van der Waals surface area contributed by atoms with Crippen LogP contribution in [0, 0.1) is 22.0 Å². The Balaban J connectivity index is 2.08. The molecule has 128 valence electrons. The van der Waals surface area contributed by atoms with Crippen LogP contribution in [0.4, 0.5) is 5.69 Å². The summed E-state index contributed by atoms with van der Waals surface area (Å²) in [5, 5.41) is 25.4. The van der Waals surface area contributed by atoms with E-state index in [4.69, 9.17) is 0 Å². The largest absolute Gasteiger partial charge is 0.377 e. The fourth-order valence-electron chi connectivity index (χ4n) is 3.57. The Labute approximate surface area is 138 Å². The lowest BCUT2D eigenvalue weighted by atomic mass is 9.72. The number of nitro benzene ring substituents is 1. The normalized spacial score (nSPS) is 30.8. The zero-order valence-electron chi connectivity index (χ0n) is 13.3. The maximum Gasteiger partial charge on any atom is 0.269 e. The van der Waals surface area contributed by atoms with Gasteiger partial charge in [0.25, 0.3) is 5.69 Å². The number of carbonyl (C=O) groups excluding carboxylic acids is 1. The molecule has 4 N–H and O–H groups in total. The summed E-state index contributed by atoms with van der Waals surface area (Å²) in [7, 11) is 0.